The number of hydrogen-bond donors (Lipinski definition) is 2. The first-order chi connectivity index (χ1) is 9.67. The van der Waals surface area contributed by atoms with Gasteiger partial charge in [-0.25, -0.2) is 0 Å². The zero-order chi connectivity index (χ0) is 14.5. The van der Waals surface area contributed by atoms with Crippen molar-refractivity contribution < 1.29 is 10.2 Å². The smallest absolute Gasteiger partial charge is 0.0497 e. The molecule has 2 atom stereocenters. The summed E-state index contributed by atoms with van der Waals surface area (Å²) in [4.78, 5) is 0. The Labute approximate surface area is 120 Å². The van der Waals surface area contributed by atoms with Gasteiger partial charge in [-0.2, -0.15) is 0 Å². The van der Waals surface area contributed by atoms with Crippen LogP contribution in [0, 0.1) is 0 Å². The van der Waals surface area contributed by atoms with Crippen molar-refractivity contribution >= 4 is 0 Å². The number of hydrogen-bond acceptors (Lipinski definition) is 2. The van der Waals surface area contributed by atoms with Crippen LogP contribution in [0.2, 0.25) is 0 Å². The van der Waals surface area contributed by atoms with Gasteiger partial charge in [0.25, 0.3) is 0 Å². The number of aliphatic hydroxyl groups excluding tert-OH is 2. The van der Waals surface area contributed by atoms with E-state index in [9.17, 15) is 10.2 Å². The Morgan fingerprint density at radius 2 is 1.35 bits per heavy atom. The standard InChI is InChI=1S/C18H22O2/c1-13(11-19)17-9-8-16(10-18(17)14(2)12-20)15-6-4-3-5-7-15/h3-10,13-14,19-20H,11-12H2,1-2H3. The highest BCUT2D eigenvalue weighted by atomic mass is 16.3. The van der Waals surface area contributed by atoms with Crippen LogP contribution in [0.3, 0.4) is 0 Å². The zero-order valence-electron chi connectivity index (χ0n) is 12.1. The Morgan fingerprint density at radius 3 is 1.95 bits per heavy atom. The van der Waals surface area contributed by atoms with Gasteiger partial charge in [-0.3, -0.25) is 0 Å². The van der Waals surface area contributed by atoms with Gasteiger partial charge in [0.2, 0.25) is 0 Å². The highest BCUT2D eigenvalue weighted by molar-refractivity contribution is 5.65. The quantitative estimate of drug-likeness (QED) is 0.872. The molecule has 2 nitrogen and oxygen atoms in total. The van der Waals surface area contributed by atoms with E-state index < -0.39 is 0 Å². The molecule has 106 valence electrons. The highest BCUT2D eigenvalue weighted by Gasteiger charge is 2.15. The fraction of sp³-hybridized carbons (Fsp3) is 0.333. The molecule has 0 fully saturated rings. The zero-order valence-corrected chi connectivity index (χ0v) is 12.1. The van der Waals surface area contributed by atoms with E-state index >= 15 is 0 Å². The maximum atomic E-state index is 9.47. The SMILES string of the molecule is CC(CO)c1ccc(-c2ccccc2)cc1C(C)CO. The van der Waals surface area contributed by atoms with Crippen molar-refractivity contribution in [1.29, 1.82) is 0 Å². The van der Waals surface area contributed by atoms with Crippen LogP contribution >= 0.6 is 0 Å². The lowest BCUT2D eigenvalue weighted by atomic mass is 9.87. The van der Waals surface area contributed by atoms with Crippen molar-refractivity contribution in [3.05, 3.63) is 59.7 Å². The van der Waals surface area contributed by atoms with Crippen molar-refractivity contribution in [2.75, 3.05) is 13.2 Å². The fourth-order valence-electron chi connectivity index (χ4n) is 2.46. The molecule has 2 unspecified atom stereocenters. The van der Waals surface area contributed by atoms with Crippen molar-refractivity contribution in [2.45, 2.75) is 25.7 Å². The normalized spacial score (nSPS) is 14.0. The summed E-state index contributed by atoms with van der Waals surface area (Å²) in [6.07, 6.45) is 0. The summed E-state index contributed by atoms with van der Waals surface area (Å²) in [7, 11) is 0. The van der Waals surface area contributed by atoms with Crippen LogP contribution in [0.25, 0.3) is 11.1 Å². The maximum absolute atomic E-state index is 9.47. The van der Waals surface area contributed by atoms with Gasteiger partial charge in [-0.1, -0.05) is 62.4 Å². The molecule has 2 heteroatoms. The molecule has 0 amide bonds. The fourth-order valence-corrected chi connectivity index (χ4v) is 2.46. The Balaban J connectivity index is 2.49. The molecule has 20 heavy (non-hydrogen) atoms. The maximum Gasteiger partial charge on any atom is 0.0497 e. The minimum Gasteiger partial charge on any atom is -0.396 e. The summed E-state index contributed by atoms with van der Waals surface area (Å²) in [6, 6.07) is 16.5. The van der Waals surface area contributed by atoms with E-state index in [1.807, 2.05) is 32.0 Å². The Bertz CT molecular complexity index is 549. The molecule has 2 rings (SSSR count). The molecule has 0 saturated carbocycles. The van der Waals surface area contributed by atoms with Gasteiger partial charge >= 0.3 is 0 Å². The Hall–Kier alpha value is -1.64. The topological polar surface area (TPSA) is 40.5 Å². The molecule has 0 heterocycles. The van der Waals surface area contributed by atoms with Crippen LogP contribution in [-0.4, -0.2) is 23.4 Å². The minimum absolute atomic E-state index is 0.0719. The van der Waals surface area contributed by atoms with Gasteiger partial charge < -0.3 is 10.2 Å². The molecular formula is C18H22O2. The number of aliphatic hydroxyl groups is 2. The van der Waals surface area contributed by atoms with Crippen molar-refractivity contribution in [3.63, 3.8) is 0 Å². The third-order valence-corrected chi connectivity index (χ3v) is 3.80. The monoisotopic (exact) mass is 270 g/mol. The second-order valence-corrected chi connectivity index (χ2v) is 5.38. The van der Waals surface area contributed by atoms with Crippen LogP contribution in [0.1, 0.15) is 36.8 Å². The molecule has 0 aliphatic heterocycles. The van der Waals surface area contributed by atoms with Crippen LogP contribution in [0.4, 0.5) is 0 Å². The van der Waals surface area contributed by atoms with Gasteiger partial charge in [-0.15, -0.1) is 0 Å². The second-order valence-electron chi connectivity index (χ2n) is 5.38. The van der Waals surface area contributed by atoms with E-state index in [0.29, 0.717) is 0 Å². The Kier molecular flexibility index (Phi) is 4.94. The lowest BCUT2D eigenvalue weighted by Gasteiger charge is -2.20. The summed E-state index contributed by atoms with van der Waals surface area (Å²) in [6.45, 7) is 4.25. The van der Waals surface area contributed by atoms with E-state index in [-0.39, 0.29) is 25.0 Å². The van der Waals surface area contributed by atoms with Crippen LogP contribution in [0.15, 0.2) is 48.5 Å². The predicted molar refractivity (Wildman–Crippen MR) is 82.9 cm³/mol. The summed E-state index contributed by atoms with van der Waals surface area (Å²) < 4.78 is 0. The van der Waals surface area contributed by atoms with E-state index in [0.717, 1.165) is 16.7 Å². The molecule has 0 saturated heterocycles. The van der Waals surface area contributed by atoms with Gasteiger partial charge in [-0.05, 0) is 22.3 Å². The molecule has 0 aliphatic rings. The molecule has 0 aromatic heterocycles. The van der Waals surface area contributed by atoms with Crippen LogP contribution in [0.5, 0.6) is 0 Å². The molecule has 0 bridgehead atoms. The molecular weight excluding hydrogens is 248 g/mol. The number of benzene rings is 2. The highest BCUT2D eigenvalue weighted by Crippen LogP contribution is 2.31. The van der Waals surface area contributed by atoms with Crippen molar-refractivity contribution in [1.82, 2.24) is 0 Å². The lowest BCUT2D eigenvalue weighted by Crippen LogP contribution is -2.08. The molecule has 2 aromatic rings. The van der Waals surface area contributed by atoms with E-state index in [1.165, 1.54) is 5.56 Å². The van der Waals surface area contributed by atoms with E-state index in [4.69, 9.17) is 0 Å². The molecule has 2 N–H and O–H groups in total. The summed E-state index contributed by atoms with van der Waals surface area (Å²) in [5, 5.41) is 18.9. The Morgan fingerprint density at radius 1 is 0.750 bits per heavy atom. The third kappa shape index (κ3) is 3.09. The van der Waals surface area contributed by atoms with Crippen LogP contribution in [-0.2, 0) is 0 Å². The van der Waals surface area contributed by atoms with E-state index in [1.54, 1.807) is 0 Å². The lowest BCUT2D eigenvalue weighted by molar-refractivity contribution is 0.263. The first-order valence-corrected chi connectivity index (χ1v) is 7.08. The number of rotatable bonds is 5. The molecule has 0 radical (unpaired) electrons. The first-order valence-electron chi connectivity index (χ1n) is 7.08. The second kappa shape index (κ2) is 6.69. The van der Waals surface area contributed by atoms with E-state index in [2.05, 4.69) is 30.3 Å². The third-order valence-electron chi connectivity index (χ3n) is 3.80. The minimum atomic E-state index is 0.0719. The molecule has 0 spiro atoms. The van der Waals surface area contributed by atoms with Gasteiger partial charge in [0.15, 0.2) is 0 Å². The average molecular weight is 270 g/mol. The van der Waals surface area contributed by atoms with Crippen LogP contribution < -0.4 is 0 Å². The predicted octanol–water partition coefficient (Wildman–Crippen LogP) is 3.55. The first kappa shape index (κ1) is 14.8. The molecule has 2 aromatic carbocycles. The average Bonchev–Trinajstić information content (AvgIpc) is 2.53. The van der Waals surface area contributed by atoms with Gasteiger partial charge in [0, 0.05) is 25.0 Å². The van der Waals surface area contributed by atoms with Crippen molar-refractivity contribution in [3.8, 4) is 11.1 Å². The van der Waals surface area contributed by atoms with Gasteiger partial charge in [0.05, 0.1) is 0 Å². The summed E-state index contributed by atoms with van der Waals surface area (Å²) in [5.74, 6) is 0.159. The largest absolute Gasteiger partial charge is 0.396 e. The molecule has 0 aliphatic carbocycles. The van der Waals surface area contributed by atoms with Gasteiger partial charge in [0.1, 0.15) is 0 Å². The summed E-state index contributed by atoms with van der Waals surface area (Å²) in [5.41, 5.74) is 4.56. The summed E-state index contributed by atoms with van der Waals surface area (Å²) >= 11 is 0. The van der Waals surface area contributed by atoms with Crippen molar-refractivity contribution in [2.24, 2.45) is 0 Å².